The maximum Gasteiger partial charge on any atom is 0.328 e. The Bertz CT molecular complexity index is 372. The van der Waals surface area contributed by atoms with Crippen LogP contribution in [0, 0.1) is 0 Å². The van der Waals surface area contributed by atoms with Crippen molar-refractivity contribution in [2.75, 3.05) is 7.11 Å². The fourth-order valence-corrected chi connectivity index (χ4v) is 1.23. The van der Waals surface area contributed by atoms with E-state index in [9.17, 15) is 4.79 Å². The lowest BCUT2D eigenvalue weighted by Crippen LogP contribution is -1.87. The quantitative estimate of drug-likeness (QED) is 0.593. The van der Waals surface area contributed by atoms with Crippen LogP contribution in [0.3, 0.4) is 0 Å². The van der Waals surface area contributed by atoms with Crippen LogP contribution in [-0.4, -0.2) is 18.2 Å². The molecule has 0 saturated carbocycles. The van der Waals surface area contributed by atoms with Crippen molar-refractivity contribution in [1.82, 2.24) is 0 Å². The summed E-state index contributed by atoms with van der Waals surface area (Å²) in [4.78, 5) is 11.0. The molecule has 0 radical (unpaired) electrons. The third-order valence-electron chi connectivity index (χ3n) is 1.64. The van der Waals surface area contributed by atoms with Crippen molar-refractivity contribution >= 4 is 24.7 Å². The van der Waals surface area contributed by atoms with E-state index < -0.39 is 5.97 Å². The molecule has 74 valence electrons. The van der Waals surface area contributed by atoms with Crippen molar-refractivity contribution in [3.63, 3.8) is 0 Å². The van der Waals surface area contributed by atoms with Gasteiger partial charge in [0.15, 0.2) is 0 Å². The highest BCUT2D eigenvalue weighted by atomic mass is 32.1. The minimum Gasteiger partial charge on any atom is -0.497 e. The second-order valence-corrected chi connectivity index (χ2v) is 3.08. The van der Waals surface area contributed by atoms with E-state index in [4.69, 9.17) is 9.84 Å². The number of carbonyl (C=O) groups is 1. The van der Waals surface area contributed by atoms with Gasteiger partial charge in [-0.25, -0.2) is 4.79 Å². The van der Waals surface area contributed by atoms with E-state index in [-0.39, 0.29) is 0 Å². The molecular formula is C10H10O3S. The zero-order valence-electron chi connectivity index (χ0n) is 7.60. The minimum atomic E-state index is -0.978. The minimum absolute atomic E-state index is 0.682. The Morgan fingerprint density at radius 1 is 1.57 bits per heavy atom. The Hall–Kier alpha value is -1.42. The molecule has 0 saturated heterocycles. The molecule has 0 aromatic heterocycles. The average Bonchev–Trinajstić information content (AvgIpc) is 2.15. The van der Waals surface area contributed by atoms with Gasteiger partial charge in [-0.2, -0.15) is 0 Å². The van der Waals surface area contributed by atoms with Gasteiger partial charge in [0.1, 0.15) is 5.75 Å². The molecule has 4 heteroatoms. The number of thiol groups is 1. The molecule has 1 N–H and O–H groups in total. The van der Waals surface area contributed by atoms with Gasteiger partial charge in [0, 0.05) is 11.0 Å². The van der Waals surface area contributed by atoms with E-state index in [1.807, 2.05) is 0 Å². The van der Waals surface area contributed by atoms with E-state index in [0.29, 0.717) is 10.6 Å². The molecule has 0 fully saturated rings. The van der Waals surface area contributed by atoms with Crippen molar-refractivity contribution in [3.8, 4) is 5.75 Å². The van der Waals surface area contributed by atoms with Crippen molar-refractivity contribution < 1.29 is 14.6 Å². The third kappa shape index (κ3) is 2.81. The smallest absolute Gasteiger partial charge is 0.328 e. The number of carboxylic acid groups (broad SMARTS) is 1. The Morgan fingerprint density at radius 2 is 2.29 bits per heavy atom. The van der Waals surface area contributed by atoms with Crippen LogP contribution < -0.4 is 4.74 Å². The van der Waals surface area contributed by atoms with Crippen LogP contribution in [-0.2, 0) is 4.79 Å². The summed E-state index contributed by atoms with van der Waals surface area (Å²) in [5.74, 6) is -0.281. The van der Waals surface area contributed by atoms with Crippen molar-refractivity contribution in [3.05, 3.63) is 29.8 Å². The number of aliphatic carboxylic acids is 1. The number of hydrogen-bond acceptors (Lipinski definition) is 3. The standard InChI is InChI=1S/C10H10O3S/c1-13-8-4-2-7(9(14)6-8)3-5-10(11)12/h2-6,14H,1H3,(H,11,12). The summed E-state index contributed by atoms with van der Waals surface area (Å²) < 4.78 is 4.99. The van der Waals surface area contributed by atoms with Gasteiger partial charge in [0.2, 0.25) is 0 Å². The molecule has 1 rings (SSSR count). The van der Waals surface area contributed by atoms with Gasteiger partial charge in [-0.1, -0.05) is 6.07 Å². The van der Waals surface area contributed by atoms with Gasteiger partial charge in [-0.05, 0) is 23.8 Å². The number of hydrogen-bond donors (Lipinski definition) is 2. The summed E-state index contributed by atoms with van der Waals surface area (Å²) in [5.41, 5.74) is 0.747. The van der Waals surface area contributed by atoms with Gasteiger partial charge in [0.05, 0.1) is 7.11 Å². The predicted octanol–water partition coefficient (Wildman–Crippen LogP) is 2.08. The molecule has 14 heavy (non-hydrogen) atoms. The molecule has 0 aliphatic rings. The molecule has 0 aliphatic carbocycles. The Kier molecular flexibility index (Phi) is 3.59. The van der Waals surface area contributed by atoms with Crippen LogP contribution >= 0.6 is 12.6 Å². The van der Waals surface area contributed by atoms with Crippen molar-refractivity contribution in [2.24, 2.45) is 0 Å². The van der Waals surface area contributed by atoms with E-state index in [1.165, 1.54) is 6.08 Å². The maximum atomic E-state index is 10.3. The van der Waals surface area contributed by atoms with Crippen LogP contribution in [0.5, 0.6) is 5.75 Å². The summed E-state index contributed by atoms with van der Waals surface area (Å²) in [6.07, 6.45) is 2.56. The molecule has 0 bridgehead atoms. The van der Waals surface area contributed by atoms with E-state index in [1.54, 1.807) is 25.3 Å². The largest absolute Gasteiger partial charge is 0.497 e. The first-order valence-corrected chi connectivity index (χ1v) is 4.36. The summed E-state index contributed by atoms with van der Waals surface area (Å²) in [6, 6.07) is 5.23. The Balaban J connectivity index is 2.94. The molecule has 1 aromatic rings. The van der Waals surface area contributed by atoms with Crippen LogP contribution in [0.2, 0.25) is 0 Å². The molecular weight excluding hydrogens is 200 g/mol. The number of ether oxygens (including phenoxy) is 1. The Labute approximate surface area is 87.4 Å². The molecule has 0 atom stereocenters. The fraction of sp³-hybridized carbons (Fsp3) is 0.100. The first-order valence-electron chi connectivity index (χ1n) is 3.91. The zero-order valence-corrected chi connectivity index (χ0v) is 8.49. The van der Waals surface area contributed by atoms with Crippen LogP contribution in [0.4, 0.5) is 0 Å². The maximum absolute atomic E-state index is 10.3. The summed E-state index contributed by atoms with van der Waals surface area (Å²) in [6.45, 7) is 0. The highest BCUT2D eigenvalue weighted by molar-refractivity contribution is 7.80. The second-order valence-electron chi connectivity index (χ2n) is 2.60. The lowest BCUT2D eigenvalue weighted by atomic mass is 10.2. The van der Waals surface area contributed by atoms with Gasteiger partial charge in [0.25, 0.3) is 0 Å². The third-order valence-corrected chi connectivity index (χ3v) is 2.03. The molecule has 0 spiro atoms. The topological polar surface area (TPSA) is 46.5 Å². The summed E-state index contributed by atoms with van der Waals surface area (Å²) in [7, 11) is 1.56. The fourth-order valence-electron chi connectivity index (χ4n) is 0.952. The number of benzene rings is 1. The van der Waals surface area contributed by atoms with E-state index in [2.05, 4.69) is 12.6 Å². The molecule has 1 aromatic carbocycles. The Morgan fingerprint density at radius 3 is 2.79 bits per heavy atom. The molecule has 0 unspecified atom stereocenters. The van der Waals surface area contributed by atoms with Gasteiger partial charge >= 0.3 is 5.97 Å². The summed E-state index contributed by atoms with van der Waals surface area (Å²) >= 11 is 4.20. The van der Waals surface area contributed by atoms with Gasteiger partial charge < -0.3 is 9.84 Å². The highest BCUT2D eigenvalue weighted by Crippen LogP contribution is 2.21. The average molecular weight is 210 g/mol. The molecule has 0 amide bonds. The van der Waals surface area contributed by atoms with Gasteiger partial charge in [-0.15, -0.1) is 12.6 Å². The van der Waals surface area contributed by atoms with Gasteiger partial charge in [-0.3, -0.25) is 0 Å². The zero-order chi connectivity index (χ0) is 10.6. The summed E-state index contributed by atoms with van der Waals surface area (Å²) in [5, 5.41) is 8.43. The van der Waals surface area contributed by atoms with Crippen molar-refractivity contribution in [1.29, 1.82) is 0 Å². The van der Waals surface area contributed by atoms with Crippen LogP contribution in [0.25, 0.3) is 6.08 Å². The first kappa shape index (κ1) is 10.7. The predicted molar refractivity (Wildman–Crippen MR) is 56.9 cm³/mol. The second kappa shape index (κ2) is 4.72. The lowest BCUT2D eigenvalue weighted by molar-refractivity contribution is -0.131. The molecule has 0 heterocycles. The number of methoxy groups -OCH3 is 1. The highest BCUT2D eigenvalue weighted by Gasteiger charge is 1.98. The van der Waals surface area contributed by atoms with Crippen LogP contribution in [0.1, 0.15) is 5.56 Å². The SMILES string of the molecule is COc1ccc(C=CC(=O)O)c(S)c1. The monoisotopic (exact) mass is 210 g/mol. The normalized spacial score (nSPS) is 10.4. The van der Waals surface area contributed by atoms with E-state index in [0.717, 1.165) is 11.6 Å². The number of carboxylic acids is 1. The van der Waals surface area contributed by atoms with Crippen LogP contribution in [0.15, 0.2) is 29.2 Å². The number of rotatable bonds is 3. The molecule has 3 nitrogen and oxygen atoms in total. The van der Waals surface area contributed by atoms with E-state index >= 15 is 0 Å². The molecule has 0 aliphatic heterocycles. The lowest BCUT2D eigenvalue weighted by Gasteiger charge is -2.02. The van der Waals surface area contributed by atoms with Crippen molar-refractivity contribution in [2.45, 2.75) is 4.90 Å². The first-order chi connectivity index (χ1) is 6.63.